The second-order valence-corrected chi connectivity index (χ2v) is 7.64. The van der Waals surface area contributed by atoms with Crippen LogP contribution in [0.4, 0.5) is 0 Å². The van der Waals surface area contributed by atoms with Gasteiger partial charge in [0, 0.05) is 12.5 Å². The van der Waals surface area contributed by atoms with Crippen molar-refractivity contribution in [2.75, 3.05) is 0 Å². The summed E-state index contributed by atoms with van der Waals surface area (Å²) in [4.78, 5) is 16.2. The number of primary amides is 1. The number of aromatic nitrogens is 2. The third-order valence-corrected chi connectivity index (χ3v) is 5.60. The van der Waals surface area contributed by atoms with Crippen LogP contribution in [0.25, 0.3) is 10.8 Å². The maximum atomic E-state index is 11.4. The summed E-state index contributed by atoms with van der Waals surface area (Å²) in [5.41, 5.74) is 10.5. The number of nitrogens with zero attached hydrogens (tertiary/aromatic N) is 2. The zero-order valence-electron chi connectivity index (χ0n) is 15.4. The van der Waals surface area contributed by atoms with Crippen molar-refractivity contribution < 1.29 is 9.32 Å². The minimum atomic E-state index is -0.476. The number of benzene rings is 2. The van der Waals surface area contributed by atoms with E-state index < -0.39 is 5.91 Å². The lowest BCUT2D eigenvalue weighted by molar-refractivity contribution is 0.100. The van der Waals surface area contributed by atoms with Crippen LogP contribution in [0.5, 0.6) is 0 Å². The Morgan fingerprint density at radius 2 is 1.71 bits per heavy atom. The van der Waals surface area contributed by atoms with E-state index in [1.54, 1.807) is 6.92 Å². The van der Waals surface area contributed by atoms with Gasteiger partial charge in [-0.1, -0.05) is 59.8 Å². The minimum absolute atomic E-state index is 0.446. The third kappa shape index (κ3) is 4.02. The van der Waals surface area contributed by atoms with E-state index in [1.165, 1.54) is 28.0 Å². The van der Waals surface area contributed by atoms with Crippen LogP contribution < -0.4 is 5.73 Å². The Hall–Kier alpha value is -3.25. The monoisotopic (exact) mass is 389 g/mol. The number of nitrogens with two attached hydrogens (primary N) is 1. The van der Waals surface area contributed by atoms with E-state index in [9.17, 15) is 4.79 Å². The van der Waals surface area contributed by atoms with E-state index in [-0.39, 0.29) is 0 Å². The maximum absolute atomic E-state index is 11.4. The van der Waals surface area contributed by atoms with Crippen molar-refractivity contribution in [3.63, 3.8) is 0 Å². The number of thiazole rings is 1. The van der Waals surface area contributed by atoms with E-state index >= 15 is 0 Å². The molecule has 140 valence electrons. The van der Waals surface area contributed by atoms with Gasteiger partial charge in [-0.15, -0.1) is 11.3 Å². The second kappa shape index (κ2) is 7.78. The van der Waals surface area contributed by atoms with Gasteiger partial charge in [-0.3, -0.25) is 4.79 Å². The molecule has 0 saturated heterocycles. The quantitative estimate of drug-likeness (QED) is 0.530. The van der Waals surface area contributed by atoms with Crippen LogP contribution in [0, 0.1) is 6.92 Å². The van der Waals surface area contributed by atoms with Gasteiger partial charge < -0.3 is 10.3 Å². The lowest BCUT2D eigenvalue weighted by Gasteiger charge is -2.04. The van der Waals surface area contributed by atoms with E-state index in [2.05, 4.69) is 58.7 Å². The van der Waals surface area contributed by atoms with Crippen molar-refractivity contribution >= 4 is 17.2 Å². The lowest BCUT2D eigenvalue weighted by Crippen LogP contribution is -2.09. The standard InChI is InChI=1S/C22H19N3O2S/c1-14-20(21(23)26)28-22(24-14)19-13-18(25-27-19)12-17-9-5-8-16(11-17)10-15-6-3-2-4-7-15/h2-9,11,13H,10,12H2,1H3,(H2,23,26). The molecule has 4 aromatic rings. The number of amides is 1. The Morgan fingerprint density at radius 1 is 1.00 bits per heavy atom. The first-order valence-electron chi connectivity index (χ1n) is 8.93. The average Bonchev–Trinajstić information content (AvgIpc) is 3.29. The maximum Gasteiger partial charge on any atom is 0.260 e. The minimum Gasteiger partial charge on any atom is -0.365 e. The molecule has 1 amide bonds. The molecule has 6 heteroatoms. The summed E-state index contributed by atoms with van der Waals surface area (Å²) in [6, 6.07) is 20.7. The molecule has 2 heterocycles. The van der Waals surface area contributed by atoms with Gasteiger partial charge in [-0.05, 0) is 30.0 Å². The van der Waals surface area contributed by atoms with E-state index in [4.69, 9.17) is 10.3 Å². The van der Waals surface area contributed by atoms with Gasteiger partial charge in [0.15, 0.2) is 10.8 Å². The van der Waals surface area contributed by atoms with Gasteiger partial charge in [-0.2, -0.15) is 0 Å². The number of hydrogen-bond donors (Lipinski definition) is 1. The molecule has 0 radical (unpaired) electrons. The molecule has 0 atom stereocenters. The number of carbonyl (C=O) groups excluding carboxylic acids is 1. The summed E-state index contributed by atoms with van der Waals surface area (Å²) in [7, 11) is 0. The normalized spacial score (nSPS) is 10.9. The number of hydrogen-bond acceptors (Lipinski definition) is 5. The van der Waals surface area contributed by atoms with Crippen LogP contribution in [0.15, 0.2) is 65.2 Å². The van der Waals surface area contributed by atoms with Crippen LogP contribution >= 0.6 is 11.3 Å². The van der Waals surface area contributed by atoms with Crippen LogP contribution in [0.2, 0.25) is 0 Å². The highest BCUT2D eigenvalue weighted by Crippen LogP contribution is 2.28. The molecule has 5 nitrogen and oxygen atoms in total. The summed E-state index contributed by atoms with van der Waals surface area (Å²) in [5.74, 6) is 0.0762. The van der Waals surface area contributed by atoms with Gasteiger partial charge in [-0.25, -0.2) is 4.98 Å². The zero-order chi connectivity index (χ0) is 19.5. The molecule has 28 heavy (non-hydrogen) atoms. The molecule has 2 aromatic heterocycles. The fourth-order valence-corrected chi connectivity index (χ4v) is 3.98. The highest BCUT2D eigenvalue weighted by atomic mass is 32.1. The predicted octanol–water partition coefficient (Wildman–Crippen LogP) is 4.39. The molecule has 0 bridgehead atoms. The lowest BCUT2D eigenvalue weighted by atomic mass is 10.0. The van der Waals surface area contributed by atoms with Crippen LogP contribution in [-0.4, -0.2) is 16.0 Å². The second-order valence-electron chi connectivity index (χ2n) is 6.64. The summed E-state index contributed by atoms with van der Waals surface area (Å²) in [6.07, 6.45) is 1.56. The largest absolute Gasteiger partial charge is 0.365 e. The molecule has 0 aliphatic carbocycles. The van der Waals surface area contributed by atoms with Crippen LogP contribution in [-0.2, 0) is 12.8 Å². The molecule has 0 aliphatic heterocycles. The Kier molecular flexibility index (Phi) is 5.04. The Balaban J connectivity index is 1.50. The fourth-order valence-electron chi connectivity index (χ4n) is 3.12. The molecule has 0 fully saturated rings. The molecule has 2 aromatic carbocycles. The highest BCUT2D eigenvalue weighted by Gasteiger charge is 2.17. The van der Waals surface area contributed by atoms with Gasteiger partial charge in [0.1, 0.15) is 4.88 Å². The van der Waals surface area contributed by atoms with Crippen molar-refractivity contribution in [3.8, 4) is 10.8 Å². The first kappa shape index (κ1) is 18.1. The number of carbonyl (C=O) groups is 1. The van der Waals surface area contributed by atoms with Gasteiger partial charge in [0.25, 0.3) is 5.91 Å². The SMILES string of the molecule is Cc1nc(-c2cc(Cc3cccc(Cc4ccccc4)c3)no2)sc1C(N)=O. The molecule has 0 saturated carbocycles. The third-order valence-electron chi connectivity index (χ3n) is 4.42. The molecule has 0 unspecified atom stereocenters. The summed E-state index contributed by atoms with van der Waals surface area (Å²) >= 11 is 1.22. The van der Waals surface area contributed by atoms with Crippen LogP contribution in [0.1, 0.15) is 37.7 Å². The van der Waals surface area contributed by atoms with Crippen molar-refractivity contribution in [1.82, 2.24) is 10.1 Å². The molecular formula is C22H19N3O2S. The summed E-state index contributed by atoms with van der Waals surface area (Å²) in [5, 5.41) is 4.77. The zero-order valence-corrected chi connectivity index (χ0v) is 16.2. The van der Waals surface area contributed by atoms with E-state index in [0.717, 1.165) is 12.1 Å². The molecular weight excluding hydrogens is 370 g/mol. The highest BCUT2D eigenvalue weighted by molar-refractivity contribution is 7.17. The van der Waals surface area contributed by atoms with Crippen molar-refractivity contribution in [3.05, 3.63) is 93.6 Å². The first-order chi connectivity index (χ1) is 13.6. The Morgan fingerprint density at radius 3 is 2.43 bits per heavy atom. The smallest absolute Gasteiger partial charge is 0.260 e. The van der Waals surface area contributed by atoms with Crippen molar-refractivity contribution in [2.45, 2.75) is 19.8 Å². The fraction of sp³-hybridized carbons (Fsp3) is 0.136. The van der Waals surface area contributed by atoms with E-state index in [0.29, 0.717) is 27.8 Å². The van der Waals surface area contributed by atoms with Crippen molar-refractivity contribution in [1.29, 1.82) is 0 Å². The van der Waals surface area contributed by atoms with E-state index in [1.807, 2.05) is 12.1 Å². The Bertz CT molecular complexity index is 1120. The molecule has 0 spiro atoms. The van der Waals surface area contributed by atoms with Gasteiger partial charge in [0.2, 0.25) is 0 Å². The first-order valence-corrected chi connectivity index (χ1v) is 9.75. The van der Waals surface area contributed by atoms with Gasteiger partial charge >= 0.3 is 0 Å². The molecule has 4 rings (SSSR count). The summed E-state index contributed by atoms with van der Waals surface area (Å²) < 4.78 is 5.44. The molecule has 2 N–H and O–H groups in total. The van der Waals surface area contributed by atoms with Gasteiger partial charge in [0.05, 0.1) is 11.4 Å². The topological polar surface area (TPSA) is 82.0 Å². The average molecular weight is 389 g/mol. The number of rotatable bonds is 6. The molecule has 0 aliphatic rings. The van der Waals surface area contributed by atoms with Crippen LogP contribution in [0.3, 0.4) is 0 Å². The summed E-state index contributed by atoms with van der Waals surface area (Å²) in [6.45, 7) is 1.76. The number of aryl methyl sites for hydroxylation is 1. The predicted molar refractivity (Wildman–Crippen MR) is 109 cm³/mol. The Labute approximate surface area is 166 Å². The van der Waals surface area contributed by atoms with Crippen molar-refractivity contribution in [2.24, 2.45) is 5.73 Å².